The van der Waals surface area contributed by atoms with Crippen molar-refractivity contribution in [1.82, 2.24) is 19.9 Å². The van der Waals surface area contributed by atoms with Crippen molar-refractivity contribution in [2.45, 2.75) is 0 Å². The fraction of sp³-hybridized carbons (Fsp3) is 0.167. The lowest BCUT2D eigenvalue weighted by Crippen LogP contribution is -2.49. The number of halogens is 1. The predicted octanol–water partition coefficient (Wildman–Crippen LogP) is 4.42. The van der Waals surface area contributed by atoms with Crippen molar-refractivity contribution >= 4 is 38.6 Å². The van der Waals surface area contributed by atoms with Gasteiger partial charge >= 0.3 is 0 Å². The highest BCUT2D eigenvalue weighted by Crippen LogP contribution is 2.26. The molecule has 0 aliphatic carbocycles. The van der Waals surface area contributed by atoms with Crippen molar-refractivity contribution in [2.24, 2.45) is 0 Å². The van der Waals surface area contributed by atoms with Crippen molar-refractivity contribution in [3.05, 3.63) is 83.2 Å². The lowest BCUT2D eigenvalue weighted by molar-refractivity contribution is 0.0748. The third-order valence-electron chi connectivity index (χ3n) is 5.51. The molecule has 0 N–H and O–H groups in total. The standard InChI is InChI=1S/C24H20BrN5O/c25-18-7-8-23(27-16-18)29-10-12-30(13-11-29)24(31)20-14-22(17-4-3-9-26-15-17)28-21-6-2-1-5-19(20)21/h1-9,14-16H,10-13H2. The van der Waals surface area contributed by atoms with Crippen LogP contribution in [0, 0.1) is 0 Å². The number of amides is 1. The van der Waals surface area contributed by atoms with E-state index in [1.165, 1.54) is 0 Å². The number of anilines is 1. The van der Waals surface area contributed by atoms with Crippen LogP contribution in [0.3, 0.4) is 0 Å². The van der Waals surface area contributed by atoms with E-state index >= 15 is 0 Å². The number of pyridine rings is 3. The second-order valence-electron chi connectivity index (χ2n) is 7.43. The summed E-state index contributed by atoms with van der Waals surface area (Å²) in [7, 11) is 0. The van der Waals surface area contributed by atoms with Crippen LogP contribution >= 0.6 is 15.9 Å². The van der Waals surface area contributed by atoms with Crippen LogP contribution < -0.4 is 4.90 Å². The third kappa shape index (κ3) is 4.01. The lowest BCUT2D eigenvalue weighted by atomic mass is 10.0. The molecule has 0 bridgehead atoms. The molecule has 31 heavy (non-hydrogen) atoms. The Balaban J connectivity index is 1.43. The number of hydrogen-bond acceptors (Lipinski definition) is 5. The van der Waals surface area contributed by atoms with Gasteiger partial charge in [-0.2, -0.15) is 0 Å². The van der Waals surface area contributed by atoms with Gasteiger partial charge in [-0.25, -0.2) is 9.97 Å². The van der Waals surface area contributed by atoms with E-state index in [2.05, 4.69) is 30.8 Å². The Hall–Kier alpha value is -3.32. The zero-order valence-corrected chi connectivity index (χ0v) is 18.4. The number of aromatic nitrogens is 3. The van der Waals surface area contributed by atoms with Gasteiger partial charge in [0.1, 0.15) is 5.82 Å². The Bertz CT molecular complexity index is 1220. The molecule has 1 amide bonds. The molecule has 1 fully saturated rings. The molecule has 0 saturated carbocycles. The van der Waals surface area contributed by atoms with Crippen LogP contribution in [0.4, 0.5) is 5.82 Å². The Morgan fingerprint density at radius 2 is 1.77 bits per heavy atom. The first-order valence-corrected chi connectivity index (χ1v) is 10.9. The van der Waals surface area contributed by atoms with E-state index in [9.17, 15) is 4.79 Å². The number of benzene rings is 1. The maximum atomic E-state index is 13.5. The van der Waals surface area contributed by atoms with E-state index in [4.69, 9.17) is 4.98 Å². The molecule has 7 heteroatoms. The quantitative estimate of drug-likeness (QED) is 0.440. The summed E-state index contributed by atoms with van der Waals surface area (Å²) < 4.78 is 0.957. The molecule has 1 aliphatic rings. The fourth-order valence-electron chi connectivity index (χ4n) is 3.88. The number of piperazine rings is 1. The van der Waals surface area contributed by atoms with E-state index in [-0.39, 0.29) is 5.91 Å². The number of fused-ring (bicyclic) bond motifs is 1. The number of para-hydroxylation sites is 1. The van der Waals surface area contributed by atoms with Gasteiger partial charge in [0, 0.05) is 60.2 Å². The van der Waals surface area contributed by atoms with Crippen LogP contribution in [-0.4, -0.2) is 51.9 Å². The number of carbonyl (C=O) groups is 1. The summed E-state index contributed by atoms with van der Waals surface area (Å²) in [5.41, 5.74) is 3.14. The Labute approximate surface area is 188 Å². The van der Waals surface area contributed by atoms with Crippen molar-refractivity contribution < 1.29 is 4.79 Å². The molecular formula is C24H20BrN5O. The average Bonchev–Trinajstić information content (AvgIpc) is 2.84. The van der Waals surface area contributed by atoms with Crippen LogP contribution in [0.2, 0.25) is 0 Å². The molecule has 0 unspecified atom stereocenters. The van der Waals surface area contributed by atoms with E-state index in [0.717, 1.165) is 45.5 Å². The first-order valence-electron chi connectivity index (χ1n) is 10.1. The minimum absolute atomic E-state index is 0.0344. The van der Waals surface area contributed by atoms with Gasteiger partial charge in [0.2, 0.25) is 0 Å². The van der Waals surface area contributed by atoms with Crippen LogP contribution in [0.25, 0.3) is 22.2 Å². The summed E-state index contributed by atoms with van der Waals surface area (Å²) in [6, 6.07) is 17.5. The number of rotatable bonds is 3. The second-order valence-corrected chi connectivity index (χ2v) is 8.34. The van der Waals surface area contributed by atoms with Crippen molar-refractivity contribution in [1.29, 1.82) is 0 Å². The van der Waals surface area contributed by atoms with Crippen LogP contribution in [0.1, 0.15) is 10.4 Å². The highest BCUT2D eigenvalue weighted by atomic mass is 79.9. The average molecular weight is 474 g/mol. The maximum absolute atomic E-state index is 13.5. The molecule has 4 aromatic rings. The number of carbonyl (C=O) groups excluding carboxylic acids is 1. The Morgan fingerprint density at radius 1 is 0.935 bits per heavy atom. The topological polar surface area (TPSA) is 62.2 Å². The van der Waals surface area contributed by atoms with Crippen LogP contribution in [0.5, 0.6) is 0 Å². The summed E-state index contributed by atoms with van der Waals surface area (Å²) in [6.45, 7) is 2.79. The molecule has 0 radical (unpaired) electrons. The Morgan fingerprint density at radius 3 is 2.52 bits per heavy atom. The lowest BCUT2D eigenvalue weighted by Gasteiger charge is -2.35. The largest absolute Gasteiger partial charge is 0.353 e. The highest BCUT2D eigenvalue weighted by molar-refractivity contribution is 9.10. The molecule has 1 saturated heterocycles. The summed E-state index contributed by atoms with van der Waals surface area (Å²) >= 11 is 3.42. The molecule has 154 valence electrons. The third-order valence-corrected chi connectivity index (χ3v) is 5.98. The van der Waals surface area contributed by atoms with Crippen LogP contribution in [-0.2, 0) is 0 Å². The SMILES string of the molecule is O=C(c1cc(-c2cccnc2)nc2ccccc12)N1CCN(c2ccc(Br)cn2)CC1. The van der Waals surface area contributed by atoms with E-state index < -0.39 is 0 Å². The first kappa shape index (κ1) is 19.6. The van der Waals surface area contributed by atoms with Gasteiger partial charge in [0.05, 0.1) is 16.8 Å². The van der Waals surface area contributed by atoms with Crippen molar-refractivity contribution in [3.63, 3.8) is 0 Å². The number of nitrogens with zero attached hydrogens (tertiary/aromatic N) is 5. The van der Waals surface area contributed by atoms with E-state index in [1.807, 2.05) is 59.5 Å². The van der Waals surface area contributed by atoms with E-state index in [1.54, 1.807) is 18.6 Å². The van der Waals surface area contributed by atoms with Crippen LogP contribution in [0.15, 0.2) is 77.7 Å². The molecule has 1 aromatic carbocycles. The van der Waals surface area contributed by atoms with Gasteiger partial charge in [-0.1, -0.05) is 18.2 Å². The minimum atomic E-state index is 0.0344. The van der Waals surface area contributed by atoms with Gasteiger partial charge in [-0.3, -0.25) is 9.78 Å². The van der Waals surface area contributed by atoms with Gasteiger partial charge in [0.15, 0.2) is 0 Å². The first-order chi connectivity index (χ1) is 15.2. The number of hydrogen-bond donors (Lipinski definition) is 0. The molecular weight excluding hydrogens is 454 g/mol. The smallest absolute Gasteiger partial charge is 0.254 e. The summed E-state index contributed by atoms with van der Waals surface area (Å²) in [5.74, 6) is 0.968. The van der Waals surface area contributed by atoms with Gasteiger partial charge in [-0.05, 0) is 52.3 Å². The molecule has 1 aliphatic heterocycles. The maximum Gasteiger partial charge on any atom is 0.254 e. The van der Waals surface area contributed by atoms with E-state index in [0.29, 0.717) is 18.7 Å². The predicted molar refractivity (Wildman–Crippen MR) is 125 cm³/mol. The summed E-state index contributed by atoms with van der Waals surface area (Å²) in [5, 5.41) is 0.872. The Kier molecular flexibility index (Phi) is 5.34. The monoisotopic (exact) mass is 473 g/mol. The zero-order valence-electron chi connectivity index (χ0n) is 16.8. The van der Waals surface area contributed by atoms with Gasteiger partial charge in [-0.15, -0.1) is 0 Å². The minimum Gasteiger partial charge on any atom is -0.353 e. The molecule has 4 heterocycles. The normalized spacial score (nSPS) is 14.1. The molecule has 3 aromatic heterocycles. The highest BCUT2D eigenvalue weighted by Gasteiger charge is 2.25. The van der Waals surface area contributed by atoms with Gasteiger partial charge < -0.3 is 9.80 Å². The fourth-order valence-corrected chi connectivity index (χ4v) is 4.11. The molecule has 6 nitrogen and oxygen atoms in total. The molecule has 0 atom stereocenters. The van der Waals surface area contributed by atoms with Crippen molar-refractivity contribution in [2.75, 3.05) is 31.1 Å². The molecule has 0 spiro atoms. The summed E-state index contributed by atoms with van der Waals surface area (Å²) in [4.78, 5) is 31.1. The summed E-state index contributed by atoms with van der Waals surface area (Å²) in [6.07, 6.45) is 5.31. The van der Waals surface area contributed by atoms with Crippen molar-refractivity contribution in [3.8, 4) is 11.3 Å². The molecule has 5 rings (SSSR count). The zero-order chi connectivity index (χ0) is 21.2. The van der Waals surface area contributed by atoms with Gasteiger partial charge in [0.25, 0.3) is 5.91 Å². The second kappa shape index (κ2) is 8.43.